The molecular weight excluding hydrogens is 322 g/mol. The van der Waals surface area contributed by atoms with Gasteiger partial charge in [0.25, 0.3) is 5.91 Å². The van der Waals surface area contributed by atoms with Crippen molar-refractivity contribution in [1.82, 2.24) is 14.5 Å². The maximum atomic E-state index is 12.8. The number of hydrogen-bond donors (Lipinski definition) is 0. The van der Waals surface area contributed by atoms with Crippen LogP contribution in [-0.4, -0.2) is 53.6 Å². The van der Waals surface area contributed by atoms with Crippen LogP contribution >= 0.6 is 0 Å². The van der Waals surface area contributed by atoms with E-state index in [2.05, 4.69) is 9.72 Å². The highest BCUT2D eigenvalue weighted by Crippen LogP contribution is 2.15. The van der Waals surface area contributed by atoms with Crippen molar-refractivity contribution in [3.63, 3.8) is 0 Å². The van der Waals surface area contributed by atoms with E-state index >= 15 is 0 Å². The number of hydrogen-bond acceptors (Lipinski definition) is 5. The van der Waals surface area contributed by atoms with E-state index in [1.165, 1.54) is 7.11 Å². The SMILES string of the molecule is COC(=O)CCN(CCCn1ccnc1)C(=O)c1cccc(OC)c1. The maximum Gasteiger partial charge on any atom is 0.307 e. The van der Waals surface area contributed by atoms with Crippen LogP contribution in [0.1, 0.15) is 23.2 Å². The fourth-order valence-electron chi connectivity index (χ4n) is 2.45. The number of ether oxygens (including phenoxy) is 2. The number of imidazole rings is 1. The number of carbonyl (C=O) groups excluding carboxylic acids is 2. The summed E-state index contributed by atoms with van der Waals surface area (Å²) in [6, 6.07) is 7.00. The lowest BCUT2D eigenvalue weighted by Gasteiger charge is -2.22. The topological polar surface area (TPSA) is 73.7 Å². The van der Waals surface area contributed by atoms with E-state index in [4.69, 9.17) is 4.74 Å². The molecule has 7 nitrogen and oxygen atoms in total. The van der Waals surface area contributed by atoms with Crippen molar-refractivity contribution < 1.29 is 19.1 Å². The number of nitrogens with zero attached hydrogens (tertiary/aromatic N) is 3. The Hall–Kier alpha value is -2.83. The Morgan fingerprint density at radius 1 is 1.24 bits per heavy atom. The Labute approximate surface area is 147 Å². The Bertz CT molecular complexity index is 685. The molecule has 7 heteroatoms. The Balaban J connectivity index is 2.02. The molecule has 0 saturated carbocycles. The number of methoxy groups -OCH3 is 2. The lowest BCUT2D eigenvalue weighted by Crippen LogP contribution is -2.34. The van der Waals surface area contributed by atoms with Crippen LogP contribution in [0.3, 0.4) is 0 Å². The van der Waals surface area contributed by atoms with Crippen molar-refractivity contribution in [2.24, 2.45) is 0 Å². The minimum atomic E-state index is -0.335. The van der Waals surface area contributed by atoms with Gasteiger partial charge < -0.3 is 18.9 Å². The summed E-state index contributed by atoms with van der Waals surface area (Å²) in [5.41, 5.74) is 0.534. The largest absolute Gasteiger partial charge is 0.497 e. The number of carbonyl (C=O) groups is 2. The monoisotopic (exact) mass is 345 g/mol. The molecule has 0 fully saturated rings. The van der Waals surface area contributed by atoms with Crippen LogP contribution in [0.15, 0.2) is 43.0 Å². The molecule has 0 radical (unpaired) electrons. The van der Waals surface area contributed by atoms with Gasteiger partial charge in [-0.3, -0.25) is 9.59 Å². The molecule has 1 heterocycles. The van der Waals surface area contributed by atoms with Gasteiger partial charge in [0.05, 0.1) is 27.0 Å². The third-order valence-electron chi connectivity index (χ3n) is 3.82. The van der Waals surface area contributed by atoms with Crippen LogP contribution in [0.2, 0.25) is 0 Å². The van der Waals surface area contributed by atoms with E-state index in [0.29, 0.717) is 24.4 Å². The average molecular weight is 345 g/mol. The molecule has 0 saturated heterocycles. The van der Waals surface area contributed by atoms with E-state index in [0.717, 1.165) is 13.0 Å². The second-order valence-corrected chi connectivity index (χ2v) is 5.50. The zero-order valence-corrected chi connectivity index (χ0v) is 14.6. The first-order chi connectivity index (χ1) is 12.1. The highest BCUT2D eigenvalue weighted by molar-refractivity contribution is 5.94. The minimum Gasteiger partial charge on any atom is -0.497 e. The van der Waals surface area contributed by atoms with Crippen molar-refractivity contribution in [3.8, 4) is 5.75 Å². The number of esters is 1. The summed E-state index contributed by atoms with van der Waals surface area (Å²) < 4.78 is 11.8. The van der Waals surface area contributed by atoms with Crippen molar-refractivity contribution in [2.75, 3.05) is 27.3 Å². The molecule has 2 aromatic rings. The summed E-state index contributed by atoms with van der Waals surface area (Å²) in [4.78, 5) is 29.9. The first-order valence-corrected chi connectivity index (χ1v) is 8.10. The van der Waals surface area contributed by atoms with Crippen molar-refractivity contribution >= 4 is 11.9 Å². The van der Waals surface area contributed by atoms with Crippen LogP contribution in [0, 0.1) is 0 Å². The molecule has 134 valence electrons. The van der Waals surface area contributed by atoms with Gasteiger partial charge in [0.1, 0.15) is 5.75 Å². The van der Waals surface area contributed by atoms with Gasteiger partial charge in [-0.25, -0.2) is 4.98 Å². The van der Waals surface area contributed by atoms with Crippen LogP contribution in [0.5, 0.6) is 5.75 Å². The number of benzene rings is 1. The van der Waals surface area contributed by atoms with Gasteiger partial charge in [0.2, 0.25) is 0 Å². The lowest BCUT2D eigenvalue weighted by molar-refractivity contribution is -0.140. The highest BCUT2D eigenvalue weighted by atomic mass is 16.5. The Morgan fingerprint density at radius 2 is 2.08 bits per heavy atom. The standard InChI is InChI=1S/C18H23N3O4/c1-24-16-6-3-5-15(13-16)18(23)21(11-7-17(22)25-2)10-4-9-20-12-8-19-14-20/h3,5-6,8,12-14H,4,7,9-11H2,1-2H3. The Morgan fingerprint density at radius 3 is 2.76 bits per heavy atom. The quantitative estimate of drug-likeness (QED) is 0.650. The summed E-state index contributed by atoms with van der Waals surface area (Å²) in [6.07, 6.45) is 6.26. The molecule has 1 aromatic carbocycles. The number of aromatic nitrogens is 2. The summed E-state index contributed by atoms with van der Waals surface area (Å²) in [5, 5.41) is 0. The van der Waals surface area contributed by atoms with Gasteiger partial charge in [-0.1, -0.05) is 6.07 Å². The zero-order valence-electron chi connectivity index (χ0n) is 14.6. The molecule has 25 heavy (non-hydrogen) atoms. The van der Waals surface area contributed by atoms with E-state index < -0.39 is 0 Å². The normalized spacial score (nSPS) is 10.3. The van der Waals surface area contributed by atoms with Gasteiger partial charge in [-0.05, 0) is 24.6 Å². The van der Waals surface area contributed by atoms with Crippen molar-refractivity contribution in [2.45, 2.75) is 19.4 Å². The molecule has 1 aromatic heterocycles. The molecule has 0 aliphatic carbocycles. The summed E-state index contributed by atoms with van der Waals surface area (Å²) >= 11 is 0. The smallest absolute Gasteiger partial charge is 0.307 e. The third kappa shape index (κ3) is 5.63. The molecular formula is C18H23N3O4. The molecule has 0 aliphatic heterocycles. The van der Waals surface area contributed by atoms with Gasteiger partial charge in [0, 0.05) is 37.6 Å². The van der Waals surface area contributed by atoms with Gasteiger partial charge >= 0.3 is 5.97 Å². The predicted molar refractivity (Wildman–Crippen MR) is 92.4 cm³/mol. The molecule has 2 rings (SSSR count). The maximum absolute atomic E-state index is 12.8. The van der Waals surface area contributed by atoms with Crippen molar-refractivity contribution in [3.05, 3.63) is 48.5 Å². The third-order valence-corrected chi connectivity index (χ3v) is 3.82. The highest BCUT2D eigenvalue weighted by Gasteiger charge is 2.17. The van der Waals surface area contributed by atoms with Crippen LogP contribution < -0.4 is 4.74 Å². The fourth-order valence-corrected chi connectivity index (χ4v) is 2.45. The first kappa shape index (κ1) is 18.5. The first-order valence-electron chi connectivity index (χ1n) is 8.10. The predicted octanol–water partition coefficient (Wildman–Crippen LogP) is 1.99. The summed E-state index contributed by atoms with van der Waals surface area (Å²) in [6.45, 7) is 1.60. The minimum absolute atomic E-state index is 0.131. The number of rotatable bonds is 9. The van der Waals surface area contributed by atoms with Gasteiger partial charge in [0.15, 0.2) is 0 Å². The number of aryl methyl sites for hydroxylation is 1. The van der Waals surface area contributed by atoms with Crippen LogP contribution in [0.25, 0.3) is 0 Å². The van der Waals surface area contributed by atoms with Crippen molar-refractivity contribution in [1.29, 1.82) is 0 Å². The number of amides is 1. The molecule has 1 amide bonds. The molecule has 0 aliphatic rings. The van der Waals surface area contributed by atoms with E-state index in [-0.39, 0.29) is 18.3 Å². The molecule has 0 spiro atoms. The molecule has 0 N–H and O–H groups in total. The second-order valence-electron chi connectivity index (χ2n) is 5.50. The fraction of sp³-hybridized carbons (Fsp3) is 0.389. The molecule has 0 bridgehead atoms. The van der Waals surface area contributed by atoms with Crippen LogP contribution in [0.4, 0.5) is 0 Å². The van der Waals surface area contributed by atoms with Crippen LogP contribution in [-0.2, 0) is 16.1 Å². The summed E-state index contributed by atoms with van der Waals surface area (Å²) in [7, 11) is 2.90. The van der Waals surface area contributed by atoms with E-state index in [9.17, 15) is 9.59 Å². The Kier molecular flexibility index (Phi) is 7.00. The van der Waals surface area contributed by atoms with E-state index in [1.54, 1.807) is 48.8 Å². The second kappa shape index (κ2) is 9.46. The molecule has 0 unspecified atom stereocenters. The van der Waals surface area contributed by atoms with Gasteiger partial charge in [-0.2, -0.15) is 0 Å². The van der Waals surface area contributed by atoms with Gasteiger partial charge in [-0.15, -0.1) is 0 Å². The lowest BCUT2D eigenvalue weighted by atomic mass is 10.1. The average Bonchev–Trinajstić information content (AvgIpc) is 3.17. The summed E-state index contributed by atoms with van der Waals surface area (Å²) in [5.74, 6) is 0.156. The zero-order chi connectivity index (χ0) is 18.1. The molecule has 0 atom stereocenters. The van der Waals surface area contributed by atoms with E-state index in [1.807, 2.05) is 10.8 Å².